The third-order valence-electron chi connectivity index (χ3n) is 5.46. The van der Waals surface area contributed by atoms with Crippen molar-refractivity contribution in [2.24, 2.45) is 5.92 Å². The van der Waals surface area contributed by atoms with Gasteiger partial charge in [0.25, 0.3) is 0 Å². The maximum absolute atomic E-state index is 12.0. The molecule has 0 saturated carbocycles. The minimum Gasteiger partial charge on any atom is -0.349 e. The molecule has 3 rings (SSSR count). The summed E-state index contributed by atoms with van der Waals surface area (Å²) in [6.07, 6.45) is 4.05. The lowest BCUT2D eigenvalue weighted by molar-refractivity contribution is -0.124. The molecule has 0 radical (unpaired) electrons. The molecular formula is C21H31N5O. The van der Waals surface area contributed by atoms with Gasteiger partial charge in [-0.05, 0) is 31.4 Å². The van der Waals surface area contributed by atoms with Crippen molar-refractivity contribution in [1.82, 2.24) is 25.0 Å². The molecule has 2 aromatic rings. The summed E-state index contributed by atoms with van der Waals surface area (Å²) >= 11 is 0. The number of hydrogen-bond acceptors (Lipinski definition) is 4. The van der Waals surface area contributed by atoms with Crippen molar-refractivity contribution in [3.05, 3.63) is 47.5 Å². The van der Waals surface area contributed by atoms with Crippen LogP contribution < -0.4 is 5.32 Å². The Bertz CT molecular complexity index is 727. The summed E-state index contributed by atoms with van der Waals surface area (Å²) in [6, 6.07) is 10.7. The molecule has 6 heteroatoms. The van der Waals surface area contributed by atoms with E-state index in [1.54, 1.807) is 0 Å². The number of nitrogens with one attached hydrogen (secondary N) is 1. The monoisotopic (exact) mass is 369 g/mol. The normalized spacial score (nSPS) is 15.8. The standard InChI is InChI=1S/C21H31N5O/c1-3-17(2)21(27)22-16-20-24-23-19-11-13-25(14-15-26(19)20)12-7-10-18-8-5-4-6-9-18/h4-6,8-9,17H,3,7,10-16H2,1-2H3,(H,22,27)/t17-/m0/s1. The SMILES string of the molecule is CC[C@H](C)C(=O)NCc1nnc2n1CCN(CCCc1ccccc1)CC2. The van der Waals surface area contributed by atoms with E-state index in [4.69, 9.17) is 0 Å². The molecule has 6 nitrogen and oxygen atoms in total. The topological polar surface area (TPSA) is 63.1 Å². The molecule has 1 amide bonds. The molecule has 1 aliphatic rings. The second-order valence-electron chi connectivity index (χ2n) is 7.39. The first-order valence-electron chi connectivity index (χ1n) is 10.1. The smallest absolute Gasteiger partial charge is 0.223 e. The van der Waals surface area contributed by atoms with E-state index in [1.807, 2.05) is 13.8 Å². The first-order chi connectivity index (χ1) is 13.2. The average Bonchev–Trinajstić information content (AvgIpc) is 2.98. The Hall–Kier alpha value is -2.21. The minimum atomic E-state index is 0.0385. The molecule has 146 valence electrons. The van der Waals surface area contributed by atoms with Gasteiger partial charge in [0.05, 0.1) is 6.54 Å². The first-order valence-corrected chi connectivity index (χ1v) is 10.1. The highest BCUT2D eigenvalue weighted by molar-refractivity contribution is 5.78. The fourth-order valence-corrected chi connectivity index (χ4v) is 3.46. The van der Waals surface area contributed by atoms with E-state index in [0.29, 0.717) is 6.54 Å². The van der Waals surface area contributed by atoms with Crippen molar-refractivity contribution in [2.45, 2.75) is 52.6 Å². The van der Waals surface area contributed by atoms with Crippen LogP contribution >= 0.6 is 0 Å². The van der Waals surface area contributed by atoms with Crippen LogP contribution in [0.2, 0.25) is 0 Å². The molecule has 1 aliphatic heterocycles. The van der Waals surface area contributed by atoms with Crippen molar-refractivity contribution in [3.63, 3.8) is 0 Å². The fourth-order valence-electron chi connectivity index (χ4n) is 3.46. The number of carbonyl (C=O) groups is 1. The zero-order valence-electron chi connectivity index (χ0n) is 16.5. The van der Waals surface area contributed by atoms with Crippen LogP contribution in [0.1, 0.15) is 43.9 Å². The summed E-state index contributed by atoms with van der Waals surface area (Å²) < 4.78 is 2.19. The molecule has 0 spiro atoms. The number of aryl methyl sites for hydroxylation is 1. The van der Waals surface area contributed by atoms with Gasteiger partial charge in [-0.2, -0.15) is 0 Å². The lowest BCUT2D eigenvalue weighted by atomic mass is 10.1. The summed E-state index contributed by atoms with van der Waals surface area (Å²) in [4.78, 5) is 14.5. The van der Waals surface area contributed by atoms with Crippen molar-refractivity contribution in [3.8, 4) is 0 Å². The third kappa shape index (κ3) is 5.39. The van der Waals surface area contributed by atoms with Crippen molar-refractivity contribution in [1.29, 1.82) is 0 Å². The zero-order chi connectivity index (χ0) is 19.1. The van der Waals surface area contributed by atoms with E-state index in [9.17, 15) is 4.79 Å². The second-order valence-corrected chi connectivity index (χ2v) is 7.39. The summed E-state index contributed by atoms with van der Waals surface area (Å²) in [5.41, 5.74) is 1.41. The van der Waals surface area contributed by atoms with Crippen LogP contribution in [0.5, 0.6) is 0 Å². The van der Waals surface area contributed by atoms with Crippen molar-refractivity contribution < 1.29 is 4.79 Å². The van der Waals surface area contributed by atoms with Gasteiger partial charge < -0.3 is 14.8 Å². The molecule has 2 heterocycles. The molecule has 1 aromatic heterocycles. The maximum atomic E-state index is 12.0. The Kier molecular flexibility index (Phi) is 6.98. The highest BCUT2D eigenvalue weighted by Crippen LogP contribution is 2.11. The molecular weight excluding hydrogens is 338 g/mol. The van der Waals surface area contributed by atoms with Gasteiger partial charge in [-0.3, -0.25) is 4.79 Å². The van der Waals surface area contributed by atoms with E-state index in [1.165, 1.54) is 12.0 Å². The van der Waals surface area contributed by atoms with E-state index >= 15 is 0 Å². The largest absolute Gasteiger partial charge is 0.349 e. The van der Waals surface area contributed by atoms with Gasteiger partial charge in [-0.25, -0.2) is 0 Å². The maximum Gasteiger partial charge on any atom is 0.223 e. The van der Waals surface area contributed by atoms with E-state index in [0.717, 1.165) is 57.1 Å². The number of benzene rings is 1. The number of amides is 1. The lowest BCUT2D eigenvalue weighted by Crippen LogP contribution is -2.30. The Balaban J connectivity index is 1.48. The highest BCUT2D eigenvalue weighted by Gasteiger charge is 2.19. The molecule has 0 saturated heterocycles. The van der Waals surface area contributed by atoms with Crippen LogP contribution in [0.15, 0.2) is 30.3 Å². The first kappa shape index (κ1) is 19.5. The summed E-state index contributed by atoms with van der Waals surface area (Å²) in [5, 5.41) is 11.7. The van der Waals surface area contributed by atoms with Crippen molar-refractivity contribution in [2.75, 3.05) is 19.6 Å². The molecule has 1 N–H and O–H groups in total. The zero-order valence-corrected chi connectivity index (χ0v) is 16.5. The molecule has 27 heavy (non-hydrogen) atoms. The van der Waals surface area contributed by atoms with Crippen LogP contribution in [0.4, 0.5) is 0 Å². The second kappa shape index (κ2) is 9.65. The van der Waals surface area contributed by atoms with Crippen LogP contribution in [0.25, 0.3) is 0 Å². The van der Waals surface area contributed by atoms with Gasteiger partial charge in [0, 0.05) is 32.0 Å². The third-order valence-corrected chi connectivity index (χ3v) is 5.46. The number of carbonyl (C=O) groups excluding carboxylic acids is 1. The quantitative estimate of drug-likeness (QED) is 0.776. The molecule has 1 aromatic carbocycles. The van der Waals surface area contributed by atoms with Crippen molar-refractivity contribution >= 4 is 5.91 Å². The molecule has 0 aliphatic carbocycles. The number of aromatic nitrogens is 3. The van der Waals surface area contributed by atoms with E-state index in [-0.39, 0.29) is 11.8 Å². The van der Waals surface area contributed by atoms with Gasteiger partial charge in [-0.15, -0.1) is 10.2 Å². The van der Waals surface area contributed by atoms with Gasteiger partial charge in [-0.1, -0.05) is 44.2 Å². The predicted octanol–water partition coefficient (Wildman–Crippen LogP) is 2.43. The average molecular weight is 370 g/mol. The predicted molar refractivity (Wildman–Crippen MR) is 106 cm³/mol. The Morgan fingerprint density at radius 1 is 1.19 bits per heavy atom. The van der Waals surface area contributed by atoms with E-state index in [2.05, 4.69) is 55.3 Å². The Morgan fingerprint density at radius 3 is 2.78 bits per heavy atom. The fraction of sp³-hybridized carbons (Fsp3) is 0.571. The lowest BCUT2D eigenvalue weighted by Gasteiger charge is -2.19. The molecule has 0 unspecified atom stereocenters. The molecule has 0 fully saturated rings. The van der Waals surface area contributed by atoms with Gasteiger partial charge >= 0.3 is 0 Å². The summed E-state index contributed by atoms with van der Waals surface area (Å²) in [5.74, 6) is 2.03. The minimum absolute atomic E-state index is 0.0385. The summed E-state index contributed by atoms with van der Waals surface area (Å²) in [7, 11) is 0. The highest BCUT2D eigenvalue weighted by atomic mass is 16.1. The van der Waals surface area contributed by atoms with Gasteiger partial charge in [0.15, 0.2) is 5.82 Å². The van der Waals surface area contributed by atoms with Crippen LogP contribution in [0, 0.1) is 5.92 Å². The Morgan fingerprint density at radius 2 is 2.00 bits per heavy atom. The number of nitrogens with zero attached hydrogens (tertiary/aromatic N) is 4. The van der Waals surface area contributed by atoms with Crippen LogP contribution in [-0.4, -0.2) is 45.2 Å². The van der Waals surface area contributed by atoms with Gasteiger partial charge in [0.2, 0.25) is 5.91 Å². The van der Waals surface area contributed by atoms with Crippen LogP contribution in [0.3, 0.4) is 0 Å². The van der Waals surface area contributed by atoms with E-state index < -0.39 is 0 Å². The van der Waals surface area contributed by atoms with Crippen LogP contribution in [-0.2, 0) is 30.7 Å². The van der Waals surface area contributed by atoms with Gasteiger partial charge in [0.1, 0.15) is 5.82 Å². The summed E-state index contributed by atoms with van der Waals surface area (Å²) in [6.45, 7) is 8.46. The number of fused-ring (bicyclic) bond motifs is 1. The molecule has 1 atom stereocenters. The number of hydrogen-bond donors (Lipinski definition) is 1. The number of rotatable bonds is 8. The molecule has 0 bridgehead atoms. The Labute approximate surface area is 162 Å².